The van der Waals surface area contributed by atoms with Gasteiger partial charge in [0.25, 0.3) is 0 Å². The summed E-state index contributed by atoms with van der Waals surface area (Å²) in [7, 11) is 0. The molecule has 0 saturated carbocycles. The second kappa shape index (κ2) is 4.97. The molecular formula is C12H8Cl2FN3. The lowest BCUT2D eigenvalue weighted by molar-refractivity contribution is 0.625. The van der Waals surface area contributed by atoms with Crippen molar-refractivity contribution >= 4 is 23.2 Å². The minimum absolute atomic E-state index is 0.0262. The molecule has 0 bridgehead atoms. The third-order valence-electron chi connectivity index (χ3n) is 2.50. The summed E-state index contributed by atoms with van der Waals surface area (Å²) < 4.78 is 14.7. The maximum Gasteiger partial charge on any atom is 0.150 e. The summed E-state index contributed by atoms with van der Waals surface area (Å²) >= 11 is 11.7. The molecule has 1 heterocycles. The Balaban J connectivity index is 2.61. The van der Waals surface area contributed by atoms with Crippen LogP contribution in [0.4, 0.5) is 4.39 Å². The zero-order valence-corrected chi connectivity index (χ0v) is 10.9. The van der Waals surface area contributed by atoms with Gasteiger partial charge in [-0.05, 0) is 18.6 Å². The van der Waals surface area contributed by atoms with Gasteiger partial charge in [-0.25, -0.2) is 9.07 Å². The lowest BCUT2D eigenvalue weighted by atomic mass is 10.2. The van der Waals surface area contributed by atoms with Crippen molar-refractivity contribution < 1.29 is 4.39 Å². The van der Waals surface area contributed by atoms with Gasteiger partial charge in [0.2, 0.25) is 0 Å². The van der Waals surface area contributed by atoms with Gasteiger partial charge in [-0.1, -0.05) is 30.1 Å². The van der Waals surface area contributed by atoms with Crippen molar-refractivity contribution in [3.05, 3.63) is 45.4 Å². The Labute approximate surface area is 113 Å². The number of nitriles is 1. The Morgan fingerprint density at radius 3 is 2.67 bits per heavy atom. The average Bonchev–Trinajstić information content (AvgIpc) is 2.69. The number of hydrogen-bond donors (Lipinski definition) is 0. The summed E-state index contributed by atoms with van der Waals surface area (Å²) in [6.07, 6.45) is 0.575. The Morgan fingerprint density at radius 1 is 1.44 bits per heavy atom. The van der Waals surface area contributed by atoms with Crippen LogP contribution >= 0.6 is 23.2 Å². The van der Waals surface area contributed by atoms with Crippen LogP contribution in [0, 0.1) is 17.1 Å². The second-order valence-electron chi connectivity index (χ2n) is 3.59. The first kappa shape index (κ1) is 12.9. The molecule has 0 amide bonds. The fraction of sp³-hybridized carbons (Fsp3) is 0.167. The maximum absolute atomic E-state index is 13.4. The molecule has 2 aromatic rings. The predicted octanol–water partition coefficient (Wildman–Crippen LogP) is 3.75. The van der Waals surface area contributed by atoms with E-state index in [0.29, 0.717) is 23.4 Å². The van der Waals surface area contributed by atoms with Crippen molar-refractivity contribution in [1.29, 1.82) is 5.26 Å². The number of hydrogen-bond acceptors (Lipinski definition) is 2. The van der Waals surface area contributed by atoms with E-state index in [9.17, 15) is 4.39 Å². The Bertz CT molecular complexity index is 644. The Hall–Kier alpha value is -1.57. The van der Waals surface area contributed by atoms with Crippen LogP contribution in [0.15, 0.2) is 18.2 Å². The maximum atomic E-state index is 13.4. The molecule has 3 nitrogen and oxygen atoms in total. The van der Waals surface area contributed by atoms with E-state index >= 15 is 0 Å². The molecule has 0 aliphatic heterocycles. The molecule has 0 radical (unpaired) electrons. The van der Waals surface area contributed by atoms with E-state index in [1.807, 2.05) is 13.0 Å². The van der Waals surface area contributed by atoms with E-state index in [-0.39, 0.29) is 10.2 Å². The van der Waals surface area contributed by atoms with E-state index in [0.717, 1.165) is 0 Å². The van der Waals surface area contributed by atoms with Crippen molar-refractivity contribution in [3.63, 3.8) is 0 Å². The van der Waals surface area contributed by atoms with Crippen molar-refractivity contribution in [2.24, 2.45) is 0 Å². The van der Waals surface area contributed by atoms with E-state index in [4.69, 9.17) is 28.5 Å². The Kier molecular flexibility index (Phi) is 3.55. The molecule has 92 valence electrons. The van der Waals surface area contributed by atoms with E-state index < -0.39 is 5.82 Å². The molecule has 0 atom stereocenters. The molecule has 0 saturated heterocycles. The van der Waals surface area contributed by atoms with Crippen LogP contribution in [0.25, 0.3) is 5.69 Å². The van der Waals surface area contributed by atoms with Gasteiger partial charge in [0, 0.05) is 6.07 Å². The van der Waals surface area contributed by atoms with Crippen LogP contribution in [0.5, 0.6) is 0 Å². The van der Waals surface area contributed by atoms with Gasteiger partial charge in [0.05, 0.1) is 16.4 Å². The standard InChI is InChI=1S/C12H8Cl2FN3/c1-2-11-8(6-16)12(14)18(17-11)7-3-4-9(13)10(15)5-7/h3-5H,2H2,1H3. The van der Waals surface area contributed by atoms with Crippen molar-refractivity contribution in [2.45, 2.75) is 13.3 Å². The van der Waals surface area contributed by atoms with Gasteiger partial charge in [0.1, 0.15) is 17.4 Å². The fourth-order valence-electron chi connectivity index (χ4n) is 1.59. The third kappa shape index (κ3) is 2.07. The smallest absolute Gasteiger partial charge is 0.150 e. The monoisotopic (exact) mass is 283 g/mol. The minimum Gasteiger partial charge on any atom is -0.220 e. The molecule has 6 heteroatoms. The van der Waals surface area contributed by atoms with Crippen LogP contribution in [-0.4, -0.2) is 9.78 Å². The number of nitrogens with zero attached hydrogens (tertiary/aromatic N) is 3. The highest BCUT2D eigenvalue weighted by Gasteiger charge is 2.16. The molecule has 18 heavy (non-hydrogen) atoms. The summed E-state index contributed by atoms with van der Waals surface area (Å²) in [5.74, 6) is -0.558. The van der Waals surface area contributed by atoms with Gasteiger partial charge >= 0.3 is 0 Å². The van der Waals surface area contributed by atoms with Crippen molar-refractivity contribution in [3.8, 4) is 11.8 Å². The summed E-state index contributed by atoms with van der Waals surface area (Å²) in [5, 5.41) is 13.4. The number of aromatic nitrogens is 2. The normalized spacial score (nSPS) is 10.4. The SMILES string of the molecule is CCc1nn(-c2ccc(Cl)c(F)c2)c(Cl)c1C#N. The number of aryl methyl sites for hydroxylation is 1. The number of benzene rings is 1. The molecule has 0 aliphatic rings. The predicted molar refractivity (Wildman–Crippen MR) is 67.6 cm³/mol. The molecule has 1 aromatic heterocycles. The quantitative estimate of drug-likeness (QED) is 0.842. The van der Waals surface area contributed by atoms with Gasteiger partial charge in [-0.2, -0.15) is 10.4 Å². The third-order valence-corrected chi connectivity index (χ3v) is 3.15. The number of halogens is 3. The van der Waals surface area contributed by atoms with Crippen LogP contribution in [0.2, 0.25) is 10.2 Å². The molecule has 0 aliphatic carbocycles. The molecule has 0 fully saturated rings. The highest BCUT2D eigenvalue weighted by molar-refractivity contribution is 6.31. The van der Waals surface area contributed by atoms with E-state index in [2.05, 4.69) is 5.10 Å². The van der Waals surface area contributed by atoms with Crippen LogP contribution < -0.4 is 0 Å². The zero-order valence-electron chi connectivity index (χ0n) is 9.41. The first-order chi connectivity index (χ1) is 8.58. The van der Waals surface area contributed by atoms with Gasteiger partial charge in [-0.15, -0.1) is 0 Å². The van der Waals surface area contributed by atoms with Gasteiger partial charge in [0.15, 0.2) is 5.15 Å². The molecule has 0 unspecified atom stereocenters. The van der Waals surface area contributed by atoms with Crippen LogP contribution in [-0.2, 0) is 6.42 Å². The summed E-state index contributed by atoms with van der Waals surface area (Å²) in [4.78, 5) is 0. The first-order valence-corrected chi connectivity index (χ1v) is 5.97. The minimum atomic E-state index is -0.558. The van der Waals surface area contributed by atoms with Crippen LogP contribution in [0.1, 0.15) is 18.2 Å². The lowest BCUT2D eigenvalue weighted by Crippen LogP contribution is -1.98. The zero-order chi connectivity index (χ0) is 13.3. The summed E-state index contributed by atoms with van der Waals surface area (Å²) in [6, 6.07) is 6.23. The summed E-state index contributed by atoms with van der Waals surface area (Å²) in [5.41, 5.74) is 1.32. The van der Waals surface area contributed by atoms with Gasteiger partial charge in [-0.3, -0.25) is 0 Å². The highest BCUT2D eigenvalue weighted by Crippen LogP contribution is 2.25. The fourth-order valence-corrected chi connectivity index (χ4v) is 1.99. The van der Waals surface area contributed by atoms with E-state index in [1.54, 1.807) is 6.07 Å². The summed E-state index contributed by atoms with van der Waals surface area (Å²) in [6.45, 7) is 1.87. The van der Waals surface area contributed by atoms with Gasteiger partial charge < -0.3 is 0 Å². The largest absolute Gasteiger partial charge is 0.220 e. The Morgan fingerprint density at radius 2 is 2.17 bits per heavy atom. The van der Waals surface area contributed by atoms with Crippen LogP contribution in [0.3, 0.4) is 0 Å². The average molecular weight is 284 g/mol. The molecule has 2 rings (SSSR count). The molecule has 0 N–H and O–H groups in total. The van der Waals surface area contributed by atoms with Crippen molar-refractivity contribution in [1.82, 2.24) is 9.78 Å². The first-order valence-electron chi connectivity index (χ1n) is 5.21. The molecular weight excluding hydrogens is 276 g/mol. The topological polar surface area (TPSA) is 41.6 Å². The number of rotatable bonds is 2. The second-order valence-corrected chi connectivity index (χ2v) is 4.35. The highest BCUT2D eigenvalue weighted by atomic mass is 35.5. The molecule has 1 aromatic carbocycles. The van der Waals surface area contributed by atoms with E-state index in [1.165, 1.54) is 16.8 Å². The lowest BCUT2D eigenvalue weighted by Gasteiger charge is -2.03. The molecule has 0 spiro atoms. The van der Waals surface area contributed by atoms with Crippen molar-refractivity contribution in [2.75, 3.05) is 0 Å².